The van der Waals surface area contributed by atoms with Crippen LogP contribution in [-0.2, 0) is 10.0 Å². The van der Waals surface area contributed by atoms with Crippen LogP contribution in [0, 0.1) is 0 Å². The fourth-order valence-electron chi connectivity index (χ4n) is 1.63. The molecule has 0 saturated heterocycles. The van der Waals surface area contributed by atoms with Gasteiger partial charge in [-0.05, 0) is 40.2 Å². The number of nitrogens with zero attached hydrogens (tertiary/aromatic N) is 2. The minimum Gasteiger partial charge on any atom is -0.409 e. The third-order valence-electron chi connectivity index (χ3n) is 2.78. The zero-order valence-electron chi connectivity index (χ0n) is 10.9. The van der Waals surface area contributed by atoms with Crippen molar-refractivity contribution >= 4 is 48.8 Å². The fraction of sp³-hybridized carbons (Fsp3) is 0.0833. The Hall–Kier alpha value is -1.58. The summed E-state index contributed by atoms with van der Waals surface area (Å²) in [5.41, 5.74) is 6.37. The van der Waals surface area contributed by atoms with Gasteiger partial charge in [-0.1, -0.05) is 17.3 Å². The summed E-state index contributed by atoms with van der Waals surface area (Å²) < 4.78 is 27.1. The van der Waals surface area contributed by atoms with Crippen LogP contribution in [0.2, 0.25) is 0 Å². The van der Waals surface area contributed by atoms with E-state index in [1.54, 1.807) is 24.3 Å². The Labute approximate surface area is 134 Å². The van der Waals surface area contributed by atoms with Crippen LogP contribution in [-0.4, -0.2) is 26.5 Å². The molecule has 0 saturated carbocycles. The molecule has 0 bridgehead atoms. The van der Waals surface area contributed by atoms with Crippen LogP contribution in [0.3, 0.4) is 0 Å². The lowest BCUT2D eigenvalue weighted by Crippen LogP contribution is -2.26. The topological polar surface area (TPSA) is 96.0 Å². The summed E-state index contributed by atoms with van der Waals surface area (Å²) in [7, 11) is -2.19. The number of halogens is 1. The molecule has 0 aliphatic rings. The van der Waals surface area contributed by atoms with Gasteiger partial charge in [-0.3, -0.25) is 4.31 Å². The number of sulfonamides is 1. The number of rotatable bonds is 4. The van der Waals surface area contributed by atoms with E-state index < -0.39 is 10.0 Å². The minimum absolute atomic E-state index is 0.0819. The Morgan fingerprint density at radius 1 is 1.38 bits per heavy atom. The molecule has 1 aromatic heterocycles. The summed E-state index contributed by atoms with van der Waals surface area (Å²) in [5, 5.41) is 11.6. The van der Waals surface area contributed by atoms with Gasteiger partial charge in [0.05, 0.1) is 9.47 Å². The Morgan fingerprint density at radius 3 is 2.67 bits per heavy atom. The number of oxime groups is 1. The molecular formula is C12H12BrN3O3S2. The van der Waals surface area contributed by atoms with Crippen LogP contribution in [0.1, 0.15) is 5.56 Å². The van der Waals surface area contributed by atoms with Gasteiger partial charge in [0, 0.05) is 12.6 Å². The van der Waals surface area contributed by atoms with E-state index in [1.807, 2.05) is 0 Å². The third-order valence-corrected chi connectivity index (χ3v) is 6.65. The number of thiophene rings is 1. The van der Waals surface area contributed by atoms with Crippen molar-refractivity contribution in [2.45, 2.75) is 4.21 Å². The van der Waals surface area contributed by atoms with Crippen molar-refractivity contribution in [3.63, 3.8) is 0 Å². The van der Waals surface area contributed by atoms with Crippen molar-refractivity contribution < 1.29 is 13.6 Å². The molecule has 0 amide bonds. The van der Waals surface area contributed by atoms with Gasteiger partial charge in [0.25, 0.3) is 10.0 Å². The molecule has 3 N–H and O–H groups in total. The molecule has 0 atom stereocenters. The standard InChI is InChI=1S/C12H12BrN3O3S2/c1-16(21(18,19)11-6-5-10(13)20-11)9-4-2-3-8(7-9)12(14)15-17/h2-7,17H,1H3,(H2,14,15). The van der Waals surface area contributed by atoms with Crippen LogP contribution < -0.4 is 10.0 Å². The van der Waals surface area contributed by atoms with Gasteiger partial charge >= 0.3 is 0 Å². The van der Waals surface area contributed by atoms with Gasteiger partial charge in [-0.25, -0.2) is 8.42 Å². The molecule has 0 aliphatic heterocycles. The van der Waals surface area contributed by atoms with Crippen molar-refractivity contribution in [2.75, 3.05) is 11.4 Å². The van der Waals surface area contributed by atoms with Crippen molar-refractivity contribution in [3.8, 4) is 0 Å². The van der Waals surface area contributed by atoms with Crippen LogP contribution in [0.5, 0.6) is 0 Å². The average molecular weight is 390 g/mol. The van der Waals surface area contributed by atoms with Crippen molar-refractivity contribution in [3.05, 3.63) is 45.7 Å². The van der Waals surface area contributed by atoms with Gasteiger partial charge in [-0.2, -0.15) is 0 Å². The van der Waals surface area contributed by atoms with Gasteiger partial charge in [-0.15, -0.1) is 11.3 Å². The lowest BCUT2D eigenvalue weighted by atomic mass is 10.2. The molecule has 0 unspecified atom stereocenters. The molecule has 2 aromatic rings. The second-order valence-electron chi connectivity index (χ2n) is 4.07. The number of hydrogen-bond donors (Lipinski definition) is 2. The van der Waals surface area contributed by atoms with E-state index in [9.17, 15) is 8.42 Å². The second kappa shape index (κ2) is 6.04. The van der Waals surface area contributed by atoms with E-state index in [4.69, 9.17) is 10.9 Å². The van der Waals surface area contributed by atoms with Crippen LogP contribution in [0.25, 0.3) is 0 Å². The highest BCUT2D eigenvalue weighted by molar-refractivity contribution is 9.11. The van der Waals surface area contributed by atoms with Crippen LogP contribution >= 0.6 is 27.3 Å². The number of nitrogens with two attached hydrogens (primary N) is 1. The van der Waals surface area contributed by atoms with Crippen molar-refractivity contribution in [1.29, 1.82) is 0 Å². The van der Waals surface area contributed by atoms with E-state index in [-0.39, 0.29) is 10.0 Å². The van der Waals surface area contributed by atoms with Gasteiger partial charge < -0.3 is 10.9 Å². The maximum atomic E-state index is 12.5. The Balaban J connectivity index is 2.42. The molecule has 0 aliphatic carbocycles. The molecule has 21 heavy (non-hydrogen) atoms. The largest absolute Gasteiger partial charge is 0.409 e. The number of hydrogen-bond acceptors (Lipinski definition) is 5. The lowest BCUT2D eigenvalue weighted by molar-refractivity contribution is 0.318. The van der Waals surface area contributed by atoms with E-state index >= 15 is 0 Å². The molecule has 9 heteroatoms. The van der Waals surface area contributed by atoms with E-state index in [2.05, 4.69) is 21.1 Å². The first-order valence-corrected chi connectivity index (χ1v) is 8.73. The molecule has 6 nitrogen and oxygen atoms in total. The van der Waals surface area contributed by atoms with E-state index in [1.165, 1.54) is 19.2 Å². The normalized spacial score (nSPS) is 12.4. The summed E-state index contributed by atoms with van der Waals surface area (Å²) in [5.74, 6) is -0.0819. The minimum atomic E-state index is -3.64. The quantitative estimate of drug-likeness (QED) is 0.363. The molecule has 0 radical (unpaired) electrons. The lowest BCUT2D eigenvalue weighted by Gasteiger charge is -2.19. The number of amidine groups is 1. The van der Waals surface area contributed by atoms with Crippen molar-refractivity contribution in [1.82, 2.24) is 0 Å². The van der Waals surface area contributed by atoms with Gasteiger partial charge in [0.2, 0.25) is 0 Å². The second-order valence-corrected chi connectivity index (χ2v) is 8.73. The molecule has 1 heterocycles. The van der Waals surface area contributed by atoms with E-state index in [0.29, 0.717) is 11.3 Å². The average Bonchev–Trinajstić information content (AvgIpc) is 2.93. The fourth-order valence-corrected chi connectivity index (χ4v) is 5.00. The third kappa shape index (κ3) is 3.20. The highest BCUT2D eigenvalue weighted by Crippen LogP contribution is 2.30. The molecule has 2 rings (SSSR count). The van der Waals surface area contributed by atoms with Crippen LogP contribution in [0.15, 0.2) is 49.5 Å². The smallest absolute Gasteiger partial charge is 0.273 e. The summed E-state index contributed by atoms with van der Waals surface area (Å²) in [6.45, 7) is 0. The highest BCUT2D eigenvalue weighted by Gasteiger charge is 2.23. The zero-order chi connectivity index (χ0) is 15.6. The Kier molecular flexibility index (Phi) is 4.55. The summed E-state index contributed by atoms with van der Waals surface area (Å²) >= 11 is 4.38. The molecule has 0 fully saturated rings. The first-order valence-electron chi connectivity index (χ1n) is 5.68. The molecule has 112 valence electrons. The number of anilines is 1. The van der Waals surface area contributed by atoms with E-state index in [0.717, 1.165) is 19.4 Å². The highest BCUT2D eigenvalue weighted by atomic mass is 79.9. The van der Waals surface area contributed by atoms with Gasteiger partial charge in [0.15, 0.2) is 5.84 Å². The predicted molar refractivity (Wildman–Crippen MR) is 86.6 cm³/mol. The number of benzene rings is 1. The SMILES string of the molecule is CN(c1cccc(C(N)=NO)c1)S(=O)(=O)c1ccc(Br)s1. The predicted octanol–water partition coefficient (Wildman–Crippen LogP) is 2.43. The van der Waals surface area contributed by atoms with Gasteiger partial charge in [0.1, 0.15) is 4.21 Å². The summed E-state index contributed by atoms with van der Waals surface area (Å²) in [4.78, 5) is 0. The first-order chi connectivity index (χ1) is 9.86. The molecular weight excluding hydrogens is 378 g/mol. The van der Waals surface area contributed by atoms with Crippen molar-refractivity contribution in [2.24, 2.45) is 10.9 Å². The maximum absolute atomic E-state index is 12.5. The maximum Gasteiger partial charge on any atom is 0.273 e. The summed E-state index contributed by atoms with van der Waals surface area (Å²) in [6, 6.07) is 9.65. The molecule has 1 aromatic carbocycles. The molecule has 0 spiro atoms. The zero-order valence-corrected chi connectivity index (χ0v) is 14.1. The van der Waals surface area contributed by atoms with Crippen LogP contribution in [0.4, 0.5) is 5.69 Å². The summed E-state index contributed by atoms with van der Waals surface area (Å²) in [6.07, 6.45) is 0. The Morgan fingerprint density at radius 2 is 2.10 bits per heavy atom. The Bertz CT molecular complexity index is 787. The monoisotopic (exact) mass is 389 g/mol. The first kappa shape index (κ1) is 15.8.